The Morgan fingerprint density at radius 3 is 2.48 bits per heavy atom. The zero-order valence-corrected chi connectivity index (χ0v) is 11.9. The van der Waals surface area contributed by atoms with Gasteiger partial charge < -0.3 is 15.8 Å². The number of nitrogens with two attached hydrogens (primary N) is 1. The van der Waals surface area contributed by atoms with E-state index in [2.05, 4.69) is 27.2 Å². The summed E-state index contributed by atoms with van der Waals surface area (Å²) in [7, 11) is 0. The molecular formula is C16H20N4O. The van der Waals surface area contributed by atoms with Crippen molar-refractivity contribution in [1.29, 1.82) is 0 Å². The van der Waals surface area contributed by atoms with E-state index in [0.29, 0.717) is 13.0 Å². The molecule has 0 fully saturated rings. The number of pyridine rings is 1. The van der Waals surface area contributed by atoms with Gasteiger partial charge in [0.25, 0.3) is 0 Å². The quantitative estimate of drug-likeness (QED) is 0.354. The van der Waals surface area contributed by atoms with E-state index in [1.54, 1.807) is 12.4 Å². The van der Waals surface area contributed by atoms with Crippen LogP contribution in [0.3, 0.4) is 0 Å². The molecule has 21 heavy (non-hydrogen) atoms. The number of para-hydroxylation sites is 1. The van der Waals surface area contributed by atoms with Crippen molar-refractivity contribution in [3.8, 4) is 0 Å². The minimum absolute atomic E-state index is 0.250. The lowest BCUT2D eigenvalue weighted by Crippen LogP contribution is -2.30. The fraction of sp³-hybridized carbons (Fsp3) is 0.250. The van der Waals surface area contributed by atoms with Crippen molar-refractivity contribution in [2.75, 3.05) is 18.0 Å². The number of benzene rings is 1. The van der Waals surface area contributed by atoms with Gasteiger partial charge >= 0.3 is 0 Å². The van der Waals surface area contributed by atoms with E-state index in [1.165, 1.54) is 5.56 Å². The van der Waals surface area contributed by atoms with E-state index in [4.69, 9.17) is 10.9 Å². The van der Waals surface area contributed by atoms with Crippen LogP contribution >= 0.6 is 0 Å². The lowest BCUT2D eigenvalue weighted by atomic mass is 10.1. The summed E-state index contributed by atoms with van der Waals surface area (Å²) in [5.41, 5.74) is 7.95. The predicted octanol–water partition coefficient (Wildman–Crippen LogP) is 2.27. The summed E-state index contributed by atoms with van der Waals surface area (Å²) in [5.74, 6) is 0.250. The summed E-state index contributed by atoms with van der Waals surface area (Å²) in [4.78, 5) is 6.26. The molecule has 0 aliphatic carbocycles. The normalized spacial score (nSPS) is 11.3. The van der Waals surface area contributed by atoms with Gasteiger partial charge in [0.1, 0.15) is 5.84 Å². The Morgan fingerprint density at radius 1 is 1.10 bits per heavy atom. The average Bonchev–Trinajstić information content (AvgIpc) is 2.56. The standard InChI is InChI=1S/C16H20N4O/c17-16(19-21)9-13-20(15-4-2-1-3-5-15)12-8-14-6-10-18-11-7-14/h1-7,10-11,21H,8-9,12-13H2,(H2,17,19). The van der Waals surface area contributed by atoms with E-state index >= 15 is 0 Å². The fourth-order valence-electron chi connectivity index (χ4n) is 2.12. The predicted molar refractivity (Wildman–Crippen MR) is 84.6 cm³/mol. The maximum Gasteiger partial charge on any atom is 0.140 e. The Hall–Kier alpha value is -2.56. The lowest BCUT2D eigenvalue weighted by Gasteiger charge is -2.24. The van der Waals surface area contributed by atoms with Crippen LogP contribution in [0.5, 0.6) is 0 Å². The molecule has 1 aromatic heterocycles. The van der Waals surface area contributed by atoms with E-state index < -0.39 is 0 Å². The zero-order chi connectivity index (χ0) is 14.9. The van der Waals surface area contributed by atoms with Crippen LogP contribution in [0.15, 0.2) is 60.0 Å². The Bertz CT molecular complexity index is 557. The topological polar surface area (TPSA) is 74.7 Å². The minimum atomic E-state index is 0.250. The van der Waals surface area contributed by atoms with E-state index in [-0.39, 0.29) is 5.84 Å². The van der Waals surface area contributed by atoms with Crippen LogP contribution in [-0.2, 0) is 6.42 Å². The highest BCUT2D eigenvalue weighted by Crippen LogP contribution is 2.14. The van der Waals surface area contributed by atoms with Gasteiger partial charge in [-0.1, -0.05) is 23.4 Å². The molecule has 5 heteroatoms. The number of nitrogens with zero attached hydrogens (tertiary/aromatic N) is 3. The van der Waals surface area contributed by atoms with Gasteiger partial charge in [-0.05, 0) is 36.2 Å². The van der Waals surface area contributed by atoms with Crippen LogP contribution in [0.25, 0.3) is 0 Å². The third-order valence-corrected chi connectivity index (χ3v) is 3.31. The van der Waals surface area contributed by atoms with Crippen LogP contribution in [0.2, 0.25) is 0 Å². The summed E-state index contributed by atoms with van der Waals surface area (Å²) in [6.07, 6.45) is 5.06. The molecule has 0 saturated carbocycles. The maximum absolute atomic E-state index is 8.66. The molecule has 0 atom stereocenters. The van der Waals surface area contributed by atoms with Gasteiger partial charge in [-0.15, -0.1) is 0 Å². The highest BCUT2D eigenvalue weighted by molar-refractivity contribution is 5.80. The first-order valence-corrected chi connectivity index (χ1v) is 6.95. The van der Waals surface area contributed by atoms with Crippen molar-refractivity contribution in [3.05, 3.63) is 60.4 Å². The van der Waals surface area contributed by atoms with Crippen LogP contribution in [-0.4, -0.2) is 29.1 Å². The van der Waals surface area contributed by atoms with E-state index in [9.17, 15) is 0 Å². The molecule has 0 amide bonds. The van der Waals surface area contributed by atoms with Crippen molar-refractivity contribution < 1.29 is 5.21 Å². The van der Waals surface area contributed by atoms with Crippen molar-refractivity contribution in [3.63, 3.8) is 0 Å². The third-order valence-electron chi connectivity index (χ3n) is 3.31. The Balaban J connectivity index is 2.01. The highest BCUT2D eigenvalue weighted by Gasteiger charge is 2.07. The summed E-state index contributed by atoms with van der Waals surface area (Å²) >= 11 is 0. The van der Waals surface area contributed by atoms with Crippen LogP contribution < -0.4 is 10.6 Å². The molecule has 0 radical (unpaired) electrons. The van der Waals surface area contributed by atoms with E-state index in [0.717, 1.165) is 18.7 Å². The molecule has 3 N–H and O–H groups in total. The first-order valence-electron chi connectivity index (χ1n) is 6.95. The largest absolute Gasteiger partial charge is 0.409 e. The zero-order valence-electron chi connectivity index (χ0n) is 11.9. The molecule has 2 rings (SSSR count). The second-order valence-electron chi connectivity index (χ2n) is 4.77. The molecule has 1 aromatic carbocycles. The lowest BCUT2D eigenvalue weighted by molar-refractivity contribution is 0.317. The minimum Gasteiger partial charge on any atom is -0.409 e. The first kappa shape index (κ1) is 14.8. The summed E-state index contributed by atoms with van der Waals surface area (Å²) in [6, 6.07) is 14.2. The number of hydrogen-bond donors (Lipinski definition) is 2. The molecule has 0 spiro atoms. The van der Waals surface area contributed by atoms with Crippen LogP contribution in [0.1, 0.15) is 12.0 Å². The van der Waals surface area contributed by atoms with Crippen molar-refractivity contribution >= 4 is 11.5 Å². The molecule has 5 nitrogen and oxygen atoms in total. The number of rotatable bonds is 7. The van der Waals surface area contributed by atoms with Gasteiger partial charge in [-0.2, -0.15) is 0 Å². The second-order valence-corrected chi connectivity index (χ2v) is 4.77. The molecule has 110 valence electrons. The first-order chi connectivity index (χ1) is 10.3. The SMILES string of the molecule is N/C(CCN(CCc1ccncc1)c1ccccc1)=N\O. The summed E-state index contributed by atoms with van der Waals surface area (Å²) in [5, 5.41) is 11.7. The molecule has 0 aliphatic heterocycles. The molecule has 0 unspecified atom stereocenters. The molecular weight excluding hydrogens is 264 g/mol. The molecule has 1 heterocycles. The third kappa shape index (κ3) is 4.80. The average molecular weight is 284 g/mol. The monoisotopic (exact) mass is 284 g/mol. The number of hydrogen-bond acceptors (Lipinski definition) is 4. The Morgan fingerprint density at radius 2 is 1.81 bits per heavy atom. The van der Waals surface area contributed by atoms with Gasteiger partial charge in [0.05, 0.1) is 0 Å². The number of amidine groups is 1. The highest BCUT2D eigenvalue weighted by atomic mass is 16.4. The molecule has 0 bridgehead atoms. The number of oxime groups is 1. The fourth-order valence-corrected chi connectivity index (χ4v) is 2.12. The van der Waals surface area contributed by atoms with Crippen LogP contribution in [0.4, 0.5) is 5.69 Å². The van der Waals surface area contributed by atoms with Gasteiger partial charge in [-0.25, -0.2) is 0 Å². The molecule has 0 saturated heterocycles. The van der Waals surface area contributed by atoms with Gasteiger partial charge in [0.2, 0.25) is 0 Å². The number of anilines is 1. The van der Waals surface area contributed by atoms with E-state index in [1.807, 2.05) is 30.3 Å². The Labute approximate surface area is 124 Å². The summed E-state index contributed by atoms with van der Waals surface area (Å²) in [6.45, 7) is 1.58. The Kier molecular flexibility index (Phi) is 5.58. The van der Waals surface area contributed by atoms with Gasteiger partial charge in [0.15, 0.2) is 0 Å². The maximum atomic E-state index is 8.66. The van der Waals surface area contributed by atoms with Gasteiger partial charge in [-0.3, -0.25) is 4.98 Å². The van der Waals surface area contributed by atoms with Crippen LogP contribution in [0, 0.1) is 0 Å². The second kappa shape index (κ2) is 7.89. The van der Waals surface area contributed by atoms with Crippen molar-refractivity contribution in [1.82, 2.24) is 4.98 Å². The number of aromatic nitrogens is 1. The van der Waals surface area contributed by atoms with Gasteiger partial charge in [0, 0.05) is 37.6 Å². The molecule has 2 aromatic rings. The van der Waals surface area contributed by atoms with Crippen molar-refractivity contribution in [2.24, 2.45) is 10.9 Å². The smallest absolute Gasteiger partial charge is 0.140 e. The molecule has 0 aliphatic rings. The van der Waals surface area contributed by atoms with Crippen molar-refractivity contribution in [2.45, 2.75) is 12.8 Å². The summed E-state index contributed by atoms with van der Waals surface area (Å²) < 4.78 is 0.